The highest BCUT2D eigenvalue weighted by atomic mass is 32.2. The second-order valence-corrected chi connectivity index (χ2v) is 7.14. The van der Waals surface area contributed by atoms with Gasteiger partial charge in [-0.2, -0.15) is 0 Å². The van der Waals surface area contributed by atoms with Gasteiger partial charge < -0.3 is 5.11 Å². The van der Waals surface area contributed by atoms with Crippen molar-refractivity contribution in [1.82, 2.24) is 4.90 Å². The number of aliphatic hydroxyl groups excluding tert-OH is 1. The van der Waals surface area contributed by atoms with Crippen molar-refractivity contribution in [3.05, 3.63) is 0 Å². The average molecular weight is 263 g/mol. The van der Waals surface area contributed by atoms with Crippen molar-refractivity contribution in [3.8, 4) is 0 Å². The summed E-state index contributed by atoms with van der Waals surface area (Å²) in [7, 11) is -3.04. The van der Waals surface area contributed by atoms with E-state index in [-0.39, 0.29) is 17.5 Å². The van der Waals surface area contributed by atoms with Crippen LogP contribution in [0.4, 0.5) is 0 Å². The topological polar surface area (TPSA) is 57.6 Å². The first kappa shape index (κ1) is 14.9. The van der Waals surface area contributed by atoms with Crippen LogP contribution >= 0.6 is 0 Å². The molecule has 2 atom stereocenters. The molecule has 4 nitrogen and oxygen atoms in total. The number of aliphatic hydroxyl groups is 1. The normalized spacial score (nSPS) is 28.1. The van der Waals surface area contributed by atoms with E-state index in [1.807, 2.05) is 6.92 Å². The Morgan fingerprint density at radius 2 is 1.82 bits per heavy atom. The van der Waals surface area contributed by atoms with Gasteiger partial charge in [-0.05, 0) is 12.5 Å². The molecule has 0 aliphatic carbocycles. The van der Waals surface area contributed by atoms with Crippen molar-refractivity contribution >= 4 is 9.84 Å². The maximum Gasteiger partial charge on any atom is 0.154 e. The number of hydrogen-bond acceptors (Lipinski definition) is 4. The molecule has 1 fully saturated rings. The summed E-state index contributed by atoms with van der Waals surface area (Å²) in [5.41, 5.74) is 0. The second-order valence-electron chi connectivity index (χ2n) is 4.98. The van der Waals surface area contributed by atoms with Crippen molar-refractivity contribution in [3.63, 3.8) is 0 Å². The van der Waals surface area contributed by atoms with E-state index in [9.17, 15) is 13.5 Å². The van der Waals surface area contributed by atoms with Crippen molar-refractivity contribution in [2.75, 3.05) is 24.6 Å². The van der Waals surface area contributed by atoms with Gasteiger partial charge in [0.15, 0.2) is 9.84 Å². The Labute approximate surface area is 105 Å². The minimum atomic E-state index is -3.04. The predicted molar refractivity (Wildman–Crippen MR) is 69.8 cm³/mol. The summed E-state index contributed by atoms with van der Waals surface area (Å²) in [5.74, 6) is 0.629. The van der Waals surface area contributed by atoms with Gasteiger partial charge in [-0.1, -0.05) is 33.6 Å². The van der Waals surface area contributed by atoms with Crippen molar-refractivity contribution in [2.24, 2.45) is 5.92 Å². The predicted octanol–water partition coefficient (Wildman–Crippen LogP) is 0.902. The van der Waals surface area contributed by atoms with Gasteiger partial charge in [0, 0.05) is 6.54 Å². The van der Waals surface area contributed by atoms with E-state index >= 15 is 0 Å². The quantitative estimate of drug-likeness (QED) is 0.773. The molecule has 0 spiro atoms. The van der Waals surface area contributed by atoms with Crippen LogP contribution in [0.2, 0.25) is 0 Å². The zero-order chi connectivity index (χ0) is 13.1. The number of rotatable bonds is 6. The van der Waals surface area contributed by atoms with Crippen LogP contribution in [0, 0.1) is 5.92 Å². The number of likely N-dealkylation sites (N-methyl/N-ethyl adjacent to an activating group) is 1. The second kappa shape index (κ2) is 6.16. The first-order chi connectivity index (χ1) is 7.93. The van der Waals surface area contributed by atoms with Crippen LogP contribution < -0.4 is 0 Å². The molecule has 0 bridgehead atoms. The Morgan fingerprint density at radius 3 is 2.18 bits per heavy atom. The molecule has 0 aromatic rings. The smallest absolute Gasteiger partial charge is 0.154 e. The molecule has 1 saturated heterocycles. The Kier molecular flexibility index (Phi) is 5.41. The molecular weight excluding hydrogens is 238 g/mol. The lowest BCUT2D eigenvalue weighted by molar-refractivity contribution is 0.0746. The lowest BCUT2D eigenvalue weighted by Gasteiger charge is -2.31. The monoisotopic (exact) mass is 263 g/mol. The third-order valence-electron chi connectivity index (χ3n) is 3.82. The van der Waals surface area contributed by atoms with Gasteiger partial charge in [0.25, 0.3) is 0 Å². The Hall–Kier alpha value is -0.130. The van der Waals surface area contributed by atoms with Crippen LogP contribution in [0.25, 0.3) is 0 Å². The van der Waals surface area contributed by atoms with Crippen LogP contribution in [-0.2, 0) is 9.84 Å². The number of sulfone groups is 1. The van der Waals surface area contributed by atoms with Gasteiger partial charge in [-0.25, -0.2) is 8.42 Å². The van der Waals surface area contributed by atoms with E-state index in [4.69, 9.17) is 0 Å². The van der Waals surface area contributed by atoms with E-state index in [1.165, 1.54) is 0 Å². The van der Waals surface area contributed by atoms with Gasteiger partial charge in [-0.3, -0.25) is 4.90 Å². The van der Waals surface area contributed by atoms with Gasteiger partial charge in [-0.15, -0.1) is 0 Å². The van der Waals surface area contributed by atoms with Crippen LogP contribution in [-0.4, -0.2) is 55.2 Å². The van der Waals surface area contributed by atoms with E-state index in [0.29, 0.717) is 5.92 Å². The molecule has 0 saturated carbocycles. The zero-order valence-corrected chi connectivity index (χ0v) is 11.9. The molecule has 2 unspecified atom stereocenters. The van der Waals surface area contributed by atoms with Gasteiger partial charge in [0.05, 0.1) is 23.7 Å². The van der Waals surface area contributed by atoms with Gasteiger partial charge in [0.2, 0.25) is 0 Å². The van der Waals surface area contributed by atoms with Crippen molar-refractivity contribution < 1.29 is 13.5 Å². The summed E-state index contributed by atoms with van der Waals surface area (Å²) in [6, 6.07) is -0.203. The molecule has 1 N–H and O–H groups in total. The van der Waals surface area contributed by atoms with E-state index in [0.717, 1.165) is 25.9 Å². The molecule has 1 rings (SSSR count). The minimum Gasteiger partial charge on any atom is -0.390 e. The third kappa shape index (κ3) is 3.93. The van der Waals surface area contributed by atoms with E-state index in [2.05, 4.69) is 18.7 Å². The van der Waals surface area contributed by atoms with Gasteiger partial charge in [0.1, 0.15) is 0 Å². The summed E-state index contributed by atoms with van der Waals surface area (Å²) < 4.78 is 23.0. The summed E-state index contributed by atoms with van der Waals surface area (Å²) in [6.45, 7) is 8.03. The summed E-state index contributed by atoms with van der Waals surface area (Å²) >= 11 is 0. The summed E-state index contributed by atoms with van der Waals surface area (Å²) in [4.78, 5) is 2.13. The molecule has 0 aromatic carbocycles. The molecule has 1 aliphatic rings. The highest BCUT2D eigenvalue weighted by Gasteiger charge is 2.39. The van der Waals surface area contributed by atoms with E-state index < -0.39 is 15.9 Å². The molecule has 0 radical (unpaired) electrons. The maximum atomic E-state index is 11.5. The van der Waals surface area contributed by atoms with Crippen molar-refractivity contribution in [1.29, 1.82) is 0 Å². The summed E-state index contributed by atoms with van der Waals surface area (Å²) in [5, 5.41) is 9.86. The zero-order valence-electron chi connectivity index (χ0n) is 11.1. The molecule has 5 heteroatoms. The first-order valence-corrected chi connectivity index (χ1v) is 8.38. The van der Waals surface area contributed by atoms with Gasteiger partial charge >= 0.3 is 0 Å². The van der Waals surface area contributed by atoms with Crippen LogP contribution in [0.5, 0.6) is 0 Å². The SMILES string of the molecule is CCC(CC)CN(CC)C1CS(=O)(=O)CC1O. The third-order valence-corrected chi connectivity index (χ3v) is 5.51. The standard InChI is InChI=1S/C12H25NO3S/c1-4-10(5-2)7-13(6-3)11-8-17(15,16)9-12(11)14/h10-12,14H,4-9H2,1-3H3. The molecule has 1 heterocycles. The molecule has 0 amide bonds. The summed E-state index contributed by atoms with van der Waals surface area (Å²) in [6.07, 6.45) is 1.49. The van der Waals surface area contributed by atoms with Crippen LogP contribution in [0.1, 0.15) is 33.6 Å². The highest BCUT2D eigenvalue weighted by Crippen LogP contribution is 2.21. The Morgan fingerprint density at radius 1 is 1.24 bits per heavy atom. The largest absolute Gasteiger partial charge is 0.390 e. The first-order valence-electron chi connectivity index (χ1n) is 6.56. The fourth-order valence-corrected chi connectivity index (χ4v) is 4.37. The van der Waals surface area contributed by atoms with Crippen LogP contribution in [0.3, 0.4) is 0 Å². The van der Waals surface area contributed by atoms with E-state index in [1.54, 1.807) is 0 Å². The van der Waals surface area contributed by atoms with Crippen molar-refractivity contribution in [2.45, 2.75) is 45.8 Å². The fraction of sp³-hybridized carbons (Fsp3) is 1.00. The number of nitrogens with zero attached hydrogens (tertiary/aromatic N) is 1. The lowest BCUT2D eigenvalue weighted by Crippen LogP contribution is -2.45. The number of hydrogen-bond donors (Lipinski definition) is 1. The average Bonchev–Trinajstić information content (AvgIpc) is 2.54. The Bertz CT molecular complexity index is 325. The molecular formula is C12H25NO3S. The van der Waals surface area contributed by atoms with Crippen LogP contribution in [0.15, 0.2) is 0 Å². The maximum absolute atomic E-state index is 11.5. The fourth-order valence-electron chi connectivity index (χ4n) is 2.54. The molecule has 0 aromatic heterocycles. The minimum absolute atomic E-state index is 0.0723. The molecule has 1 aliphatic heterocycles. The molecule has 102 valence electrons. The highest BCUT2D eigenvalue weighted by molar-refractivity contribution is 7.91. The molecule has 17 heavy (non-hydrogen) atoms. The Balaban J connectivity index is 2.68. The lowest BCUT2D eigenvalue weighted by atomic mass is 10.0.